The highest BCUT2D eigenvalue weighted by atomic mass is 32.1. The highest BCUT2D eigenvalue weighted by molar-refractivity contribution is 7.26. The Balaban J connectivity index is 1.11. The molecule has 0 saturated heterocycles. The van der Waals surface area contributed by atoms with E-state index in [4.69, 9.17) is 15.0 Å². The summed E-state index contributed by atoms with van der Waals surface area (Å²) in [6.45, 7) is 0. The molecule has 5 nitrogen and oxygen atoms in total. The van der Waals surface area contributed by atoms with Crippen molar-refractivity contribution in [2.24, 2.45) is 0 Å². The standard InChI is InChI=1S/C55H31N5S/c1-3-14-32(15-4-1)53-56-54(33-16-5-2-6-17-33)58-55(57-53)40-26-27-45(52-50(40)39-21-10-12-25-49(39)61-52)59-46-29-35-19-8-7-18-34(35)28-41(46)43-30-42-38-23-13-22-37-36-20-9-11-24-44(36)60(51(37)38)48(42)31-47(43)59/h1-31H. The zero-order valence-corrected chi connectivity index (χ0v) is 33.4. The fraction of sp³-hybridized carbons (Fsp3) is 0. The Hall–Kier alpha value is -7.93. The Labute approximate surface area is 352 Å². The van der Waals surface area contributed by atoms with Crippen LogP contribution in [-0.2, 0) is 0 Å². The third kappa shape index (κ3) is 4.62. The molecular formula is C55H31N5S. The van der Waals surface area contributed by atoms with Crippen LogP contribution in [0.25, 0.3) is 131 Å². The van der Waals surface area contributed by atoms with Crippen molar-refractivity contribution in [1.82, 2.24) is 23.9 Å². The van der Waals surface area contributed by atoms with Crippen molar-refractivity contribution in [2.75, 3.05) is 0 Å². The molecule has 0 amide bonds. The van der Waals surface area contributed by atoms with Gasteiger partial charge in [-0.05, 0) is 59.3 Å². The second-order valence-electron chi connectivity index (χ2n) is 16.0. The summed E-state index contributed by atoms with van der Waals surface area (Å²) < 4.78 is 7.41. The predicted molar refractivity (Wildman–Crippen MR) is 256 cm³/mol. The summed E-state index contributed by atoms with van der Waals surface area (Å²) in [5, 5.41) is 12.4. The van der Waals surface area contributed by atoms with Crippen LogP contribution < -0.4 is 0 Å². The summed E-state index contributed by atoms with van der Waals surface area (Å²) in [6.07, 6.45) is 0. The molecule has 5 heterocycles. The van der Waals surface area contributed by atoms with Gasteiger partial charge in [0.1, 0.15) is 0 Å². The van der Waals surface area contributed by atoms with Crippen LogP contribution in [0, 0.1) is 0 Å². The molecule has 0 N–H and O–H groups in total. The van der Waals surface area contributed by atoms with Gasteiger partial charge >= 0.3 is 0 Å². The van der Waals surface area contributed by atoms with Gasteiger partial charge in [0.15, 0.2) is 17.5 Å². The zero-order chi connectivity index (χ0) is 39.8. The van der Waals surface area contributed by atoms with E-state index in [0.717, 1.165) is 27.8 Å². The lowest BCUT2D eigenvalue weighted by Gasteiger charge is -2.14. The van der Waals surface area contributed by atoms with Gasteiger partial charge < -0.3 is 8.97 Å². The number of aromatic nitrogens is 5. The summed E-state index contributed by atoms with van der Waals surface area (Å²) in [4.78, 5) is 15.5. The smallest absolute Gasteiger partial charge is 0.164 e. The van der Waals surface area contributed by atoms with Crippen LogP contribution in [0.5, 0.6) is 0 Å². The van der Waals surface area contributed by atoms with E-state index in [9.17, 15) is 0 Å². The van der Waals surface area contributed by atoms with Gasteiger partial charge in [0.25, 0.3) is 0 Å². The summed E-state index contributed by atoms with van der Waals surface area (Å²) >= 11 is 1.83. The lowest BCUT2D eigenvalue weighted by Crippen LogP contribution is -2.01. The monoisotopic (exact) mass is 793 g/mol. The molecule has 9 aromatic carbocycles. The van der Waals surface area contributed by atoms with E-state index in [1.165, 1.54) is 85.5 Å². The molecule has 282 valence electrons. The van der Waals surface area contributed by atoms with E-state index in [1.54, 1.807) is 0 Å². The average molecular weight is 794 g/mol. The van der Waals surface area contributed by atoms with E-state index >= 15 is 0 Å². The molecule has 14 rings (SSSR count). The number of thiophene rings is 1. The molecule has 0 fully saturated rings. The molecular weight excluding hydrogens is 763 g/mol. The highest BCUT2D eigenvalue weighted by Crippen LogP contribution is 2.47. The minimum atomic E-state index is 0.650. The van der Waals surface area contributed by atoms with Gasteiger partial charge in [-0.1, -0.05) is 140 Å². The molecule has 0 aliphatic carbocycles. The Kier molecular flexibility index (Phi) is 6.65. The number of para-hydroxylation sites is 2. The van der Waals surface area contributed by atoms with Gasteiger partial charge in [-0.3, -0.25) is 0 Å². The second-order valence-corrected chi connectivity index (χ2v) is 17.0. The second kappa shape index (κ2) is 12.3. The van der Waals surface area contributed by atoms with Crippen LogP contribution in [-0.4, -0.2) is 23.9 Å². The van der Waals surface area contributed by atoms with Crippen LogP contribution in [0.3, 0.4) is 0 Å². The van der Waals surface area contributed by atoms with E-state index in [0.29, 0.717) is 17.5 Å². The quantitative estimate of drug-likeness (QED) is 0.178. The minimum Gasteiger partial charge on any atom is -0.308 e. The number of hydrogen-bond acceptors (Lipinski definition) is 4. The predicted octanol–water partition coefficient (Wildman–Crippen LogP) is 14.6. The Morgan fingerprint density at radius 3 is 1.72 bits per heavy atom. The topological polar surface area (TPSA) is 48.0 Å². The van der Waals surface area contributed by atoms with Gasteiger partial charge in [0, 0.05) is 64.5 Å². The fourth-order valence-corrected chi connectivity index (χ4v) is 11.2. The fourth-order valence-electron chi connectivity index (χ4n) is 9.99. The SMILES string of the molecule is c1ccc(-c2nc(-c3ccccc3)nc(-c3ccc(-n4c5cc6ccccc6cc5c5cc6c7cccc8c9ccccc9n(c6cc54)c87)c4sc5ccccc5c34)n2)cc1. The van der Waals surface area contributed by atoms with Crippen LogP contribution in [0.1, 0.15) is 0 Å². The Bertz CT molecular complexity index is 4050. The van der Waals surface area contributed by atoms with Crippen LogP contribution in [0.15, 0.2) is 188 Å². The number of nitrogens with zero attached hydrogens (tertiary/aromatic N) is 5. The summed E-state index contributed by atoms with van der Waals surface area (Å²) in [6, 6.07) is 67.7. The van der Waals surface area contributed by atoms with E-state index in [2.05, 4.69) is 161 Å². The lowest BCUT2D eigenvalue weighted by molar-refractivity contribution is 1.08. The molecule has 14 aromatic rings. The molecule has 0 unspecified atom stereocenters. The summed E-state index contributed by atoms with van der Waals surface area (Å²) in [5.41, 5.74) is 10.1. The van der Waals surface area contributed by atoms with Crippen molar-refractivity contribution in [2.45, 2.75) is 0 Å². The van der Waals surface area contributed by atoms with E-state index < -0.39 is 0 Å². The number of fused-ring (bicyclic) bond motifs is 13. The van der Waals surface area contributed by atoms with Crippen molar-refractivity contribution in [3.63, 3.8) is 0 Å². The normalized spacial score (nSPS) is 12.3. The van der Waals surface area contributed by atoms with Crippen LogP contribution in [0.4, 0.5) is 0 Å². The van der Waals surface area contributed by atoms with Crippen molar-refractivity contribution < 1.29 is 0 Å². The van der Waals surface area contributed by atoms with E-state index in [1.807, 2.05) is 47.7 Å². The van der Waals surface area contributed by atoms with Crippen molar-refractivity contribution in [3.05, 3.63) is 188 Å². The largest absolute Gasteiger partial charge is 0.308 e. The molecule has 61 heavy (non-hydrogen) atoms. The first-order valence-electron chi connectivity index (χ1n) is 20.6. The van der Waals surface area contributed by atoms with Crippen LogP contribution >= 0.6 is 11.3 Å². The van der Waals surface area contributed by atoms with Gasteiger partial charge in [-0.25, -0.2) is 15.0 Å². The maximum Gasteiger partial charge on any atom is 0.164 e. The van der Waals surface area contributed by atoms with Crippen molar-refractivity contribution in [3.8, 4) is 39.9 Å². The lowest BCUT2D eigenvalue weighted by atomic mass is 10.0. The number of rotatable bonds is 4. The first kappa shape index (κ1) is 33.0. The average Bonchev–Trinajstić information content (AvgIpc) is 4.06. The highest BCUT2D eigenvalue weighted by Gasteiger charge is 2.24. The molecule has 0 radical (unpaired) electrons. The zero-order valence-electron chi connectivity index (χ0n) is 32.5. The van der Waals surface area contributed by atoms with Gasteiger partial charge in [0.05, 0.1) is 38.0 Å². The van der Waals surface area contributed by atoms with Crippen molar-refractivity contribution >= 4 is 102 Å². The molecule has 0 saturated carbocycles. The summed E-state index contributed by atoms with van der Waals surface area (Å²) in [5.74, 6) is 1.95. The van der Waals surface area contributed by atoms with Crippen LogP contribution in [0.2, 0.25) is 0 Å². The third-order valence-electron chi connectivity index (χ3n) is 12.7. The van der Waals surface area contributed by atoms with Crippen molar-refractivity contribution in [1.29, 1.82) is 0 Å². The maximum atomic E-state index is 5.23. The number of benzene rings is 9. The molecule has 6 heteroatoms. The first-order chi connectivity index (χ1) is 30.2. The first-order valence-corrected chi connectivity index (χ1v) is 21.4. The molecule has 0 bridgehead atoms. The molecule has 0 atom stereocenters. The minimum absolute atomic E-state index is 0.650. The molecule has 0 aliphatic rings. The molecule has 5 aromatic heterocycles. The third-order valence-corrected chi connectivity index (χ3v) is 13.9. The van der Waals surface area contributed by atoms with E-state index in [-0.39, 0.29) is 0 Å². The summed E-state index contributed by atoms with van der Waals surface area (Å²) in [7, 11) is 0. The van der Waals surface area contributed by atoms with Gasteiger partial charge in [-0.15, -0.1) is 11.3 Å². The molecule has 0 spiro atoms. The number of hydrogen-bond donors (Lipinski definition) is 0. The molecule has 0 aliphatic heterocycles. The Morgan fingerprint density at radius 1 is 0.377 bits per heavy atom. The van der Waals surface area contributed by atoms with Gasteiger partial charge in [-0.2, -0.15) is 0 Å². The van der Waals surface area contributed by atoms with Gasteiger partial charge in [0.2, 0.25) is 0 Å². The maximum absolute atomic E-state index is 5.23. The Morgan fingerprint density at radius 2 is 0.951 bits per heavy atom.